The van der Waals surface area contributed by atoms with Crippen LogP contribution in [-0.2, 0) is 9.84 Å². The van der Waals surface area contributed by atoms with Gasteiger partial charge in [0.25, 0.3) is 5.69 Å². The number of hydrogen-bond donors (Lipinski definition) is 1. The summed E-state index contributed by atoms with van der Waals surface area (Å²) >= 11 is 5.68. The van der Waals surface area contributed by atoms with Crippen LogP contribution in [0.25, 0.3) is 0 Å². The molecule has 0 saturated carbocycles. The summed E-state index contributed by atoms with van der Waals surface area (Å²) in [6.45, 7) is 1.41. The van der Waals surface area contributed by atoms with E-state index in [4.69, 9.17) is 11.6 Å². The highest BCUT2D eigenvalue weighted by atomic mass is 35.5. The molecule has 6 nitrogen and oxygen atoms in total. The van der Waals surface area contributed by atoms with E-state index >= 15 is 0 Å². The summed E-state index contributed by atoms with van der Waals surface area (Å²) in [4.78, 5) is 9.94. The molecule has 0 saturated heterocycles. The van der Waals surface area contributed by atoms with E-state index in [1.54, 1.807) is 0 Å². The molecule has 0 fully saturated rings. The SMILES string of the molecule is CCS(=O)(=O)[C@@H](Cl)[C@H](O)c1cccc([N+](=O)[O-])c1. The number of non-ortho nitro benzene ring substituents is 1. The van der Waals surface area contributed by atoms with Crippen LogP contribution in [0.5, 0.6) is 0 Å². The molecule has 0 spiro atoms. The second kappa shape index (κ2) is 5.64. The van der Waals surface area contributed by atoms with E-state index in [0.29, 0.717) is 0 Å². The average molecular weight is 294 g/mol. The molecule has 0 aliphatic rings. The minimum Gasteiger partial charge on any atom is -0.386 e. The van der Waals surface area contributed by atoms with Crippen molar-refractivity contribution in [2.45, 2.75) is 17.7 Å². The Bertz CT molecular complexity index is 545. The van der Waals surface area contributed by atoms with E-state index in [1.165, 1.54) is 25.1 Å². The minimum absolute atomic E-state index is 0.0984. The number of hydrogen-bond acceptors (Lipinski definition) is 5. The number of nitro benzene ring substituents is 1. The maximum absolute atomic E-state index is 11.5. The third-order valence-electron chi connectivity index (χ3n) is 2.42. The smallest absolute Gasteiger partial charge is 0.269 e. The van der Waals surface area contributed by atoms with Crippen LogP contribution in [0, 0.1) is 10.1 Å². The lowest BCUT2D eigenvalue weighted by atomic mass is 10.1. The maximum atomic E-state index is 11.5. The summed E-state index contributed by atoms with van der Waals surface area (Å²) < 4.78 is 21.5. The van der Waals surface area contributed by atoms with E-state index in [0.717, 1.165) is 6.07 Å². The number of alkyl halides is 1. The van der Waals surface area contributed by atoms with E-state index in [1.807, 2.05) is 0 Å². The summed E-state index contributed by atoms with van der Waals surface area (Å²) in [6, 6.07) is 5.09. The van der Waals surface area contributed by atoms with Gasteiger partial charge in [-0.1, -0.05) is 19.1 Å². The molecular weight excluding hydrogens is 282 g/mol. The van der Waals surface area contributed by atoms with E-state index in [2.05, 4.69) is 0 Å². The maximum Gasteiger partial charge on any atom is 0.269 e. The number of nitrogens with zero attached hydrogens (tertiary/aromatic N) is 1. The molecule has 0 aliphatic heterocycles. The fourth-order valence-corrected chi connectivity index (χ4v) is 2.72. The number of aliphatic hydroxyl groups is 1. The fraction of sp³-hybridized carbons (Fsp3) is 0.400. The number of benzene rings is 1. The van der Waals surface area contributed by atoms with Crippen LogP contribution in [0.3, 0.4) is 0 Å². The van der Waals surface area contributed by atoms with Gasteiger partial charge in [-0.05, 0) is 5.56 Å². The highest BCUT2D eigenvalue weighted by Gasteiger charge is 2.30. The lowest BCUT2D eigenvalue weighted by Gasteiger charge is -2.16. The first kappa shape index (κ1) is 14.9. The van der Waals surface area contributed by atoms with Crippen molar-refractivity contribution in [3.05, 3.63) is 39.9 Å². The van der Waals surface area contributed by atoms with Gasteiger partial charge < -0.3 is 5.11 Å². The molecule has 1 N–H and O–H groups in total. The van der Waals surface area contributed by atoms with Gasteiger partial charge in [0.1, 0.15) is 6.10 Å². The predicted octanol–water partition coefficient (Wildman–Crippen LogP) is 1.63. The van der Waals surface area contributed by atoms with E-state index in [9.17, 15) is 23.6 Å². The van der Waals surface area contributed by atoms with Crippen LogP contribution in [0.2, 0.25) is 0 Å². The Morgan fingerprint density at radius 1 is 1.50 bits per heavy atom. The van der Waals surface area contributed by atoms with Gasteiger partial charge in [-0.15, -0.1) is 11.6 Å². The van der Waals surface area contributed by atoms with Gasteiger partial charge in [0.15, 0.2) is 14.5 Å². The van der Waals surface area contributed by atoms with Gasteiger partial charge in [0.2, 0.25) is 0 Å². The first-order chi connectivity index (χ1) is 8.29. The Labute approximate surface area is 109 Å². The minimum atomic E-state index is -3.63. The van der Waals surface area contributed by atoms with Crippen molar-refractivity contribution in [1.82, 2.24) is 0 Å². The molecule has 0 aromatic heterocycles. The largest absolute Gasteiger partial charge is 0.386 e. The number of sulfone groups is 1. The van der Waals surface area contributed by atoms with Gasteiger partial charge in [-0.3, -0.25) is 10.1 Å². The van der Waals surface area contributed by atoms with Gasteiger partial charge in [0.05, 0.1) is 4.92 Å². The molecule has 0 amide bonds. The second-order valence-corrected chi connectivity index (χ2v) is 6.74. The zero-order valence-corrected chi connectivity index (χ0v) is 11.1. The number of rotatable bonds is 5. The Morgan fingerprint density at radius 2 is 2.11 bits per heavy atom. The Kier molecular flexibility index (Phi) is 4.66. The third kappa shape index (κ3) is 3.18. The monoisotopic (exact) mass is 293 g/mol. The quantitative estimate of drug-likeness (QED) is 0.505. The molecule has 0 radical (unpaired) electrons. The Hall–Kier alpha value is -1.18. The average Bonchev–Trinajstić information content (AvgIpc) is 2.37. The highest BCUT2D eigenvalue weighted by molar-refractivity contribution is 7.93. The lowest BCUT2D eigenvalue weighted by Crippen LogP contribution is -2.24. The number of halogens is 1. The summed E-state index contributed by atoms with van der Waals surface area (Å²) in [5.74, 6) is -0.215. The second-order valence-electron chi connectivity index (χ2n) is 3.60. The van der Waals surface area contributed by atoms with Gasteiger partial charge in [0, 0.05) is 17.9 Å². The van der Waals surface area contributed by atoms with Gasteiger partial charge in [-0.25, -0.2) is 8.42 Å². The first-order valence-corrected chi connectivity index (χ1v) is 7.23. The molecule has 18 heavy (non-hydrogen) atoms. The van der Waals surface area contributed by atoms with Crippen molar-refractivity contribution in [1.29, 1.82) is 0 Å². The molecule has 1 rings (SSSR count). The lowest BCUT2D eigenvalue weighted by molar-refractivity contribution is -0.385. The van der Waals surface area contributed by atoms with Gasteiger partial charge in [-0.2, -0.15) is 0 Å². The topological polar surface area (TPSA) is 97.5 Å². The van der Waals surface area contributed by atoms with Crippen LogP contribution >= 0.6 is 11.6 Å². The number of aliphatic hydroxyl groups excluding tert-OH is 1. The molecule has 0 bridgehead atoms. The van der Waals surface area contributed by atoms with Crippen molar-refractivity contribution >= 4 is 27.1 Å². The molecular formula is C10H12ClNO5S. The number of nitro groups is 1. The van der Waals surface area contributed by atoms with Gasteiger partial charge >= 0.3 is 0 Å². The Morgan fingerprint density at radius 3 is 2.61 bits per heavy atom. The van der Waals surface area contributed by atoms with Crippen molar-refractivity contribution in [3.63, 3.8) is 0 Å². The van der Waals surface area contributed by atoms with Crippen LogP contribution in [0.15, 0.2) is 24.3 Å². The highest BCUT2D eigenvalue weighted by Crippen LogP contribution is 2.27. The predicted molar refractivity (Wildman–Crippen MR) is 67.2 cm³/mol. The molecule has 0 unspecified atom stereocenters. The summed E-state index contributed by atoms with van der Waals surface area (Å²) in [5.41, 5.74) is -0.134. The van der Waals surface area contributed by atoms with E-state index in [-0.39, 0.29) is 17.0 Å². The molecule has 0 heterocycles. The van der Waals surface area contributed by atoms with Crippen LogP contribution in [0.1, 0.15) is 18.6 Å². The summed E-state index contributed by atoms with van der Waals surface area (Å²) in [6.07, 6.45) is -1.50. The van der Waals surface area contributed by atoms with Crippen molar-refractivity contribution < 1.29 is 18.4 Å². The molecule has 0 aliphatic carbocycles. The normalized spacial score (nSPS) is 15.1. The summed E-state index contributed by atoms with van der Waals surface area (Å²) in [7, 11) is -3.63. The first-order valence-electron chi connectivity index (χ1n) is 5.07. The van der Waals surface area contributed by atoms with Crippen LogP contribution < -0.4 is 0 Å². The summed E-state index contributed by atoms with van der Waals surface area (Å²) in [5, 5.41) is 20.4. The third-order valence-corrected chi connectivity index (χ3v) is 5.22. The molecule has 1 aromatic carbocycles. The zero-order chi connectivity index (χ0) is 13.9. The van der Waals surface area contributed by atoms with Crippen molar-refractivity contribution in [3.8, 4) is 0 Å². The van der Waals surface area contributed by atoms with Crippen LogP contribution in [-0.4, -0.2) is 28.9 Å². The Balaban J connectivity index is 3.08. The fourth-order valence-electron chi connectivity index (χ4n) is 1.33. The molecule has 2 atom stereocenters. The zero-order valence-electron chi connectivity index (χ0n) is 9.48. The molecule has 1 aromatic rings. The van der Waals surface area contributed by atoms with Crippen molar-refractivity contribution in [2.75, 3.05) is 5.75 Å². The van der Waals surface area contributed by atoms with E-state index < -0.39 is 25.6 Å². The van der Waals surface area contributed by atoms with Crippen LogP contribution in [0.4, 0.5) is 5.69 Å². The molecule has 100 valence electrons. The standard InChI is InChI=1S/C10H12ClNO5S/c1-2-18(16,17)10(11)9(13)7-4-3-5-8(6-7)12(14)15/h3-6,9-10,13H,2H2,1H3/t9-,10-/m1/s1. The van der Waals surface area contributed by atoms with Crippen molar-refractivity contribution in [2.24, 2.45) is 0 Å². The molecule has 8 heteroatoms.